The average Bonchev–Trinajstić information content (AvgIpc) is 2.83. The van der Waals surface area contributed by atoms with Crippen LogP contribution in [0.2, 0.25) is 5.02 Å². The highest BCUT2D eigenvalue weighted by molar-refractivity contribution is 6.30. The van der Waals surface area contributed by atoms with E-state index in [4.69, 9.17) is 11.6 Å². The minimum absolute atomic E-state index is 0.527. The number of hydrogen-bond donors (Lipinski definition) is 2. The lowest BCUT2D eigenvalue weighted by Crippen LogP contribution is -2.37. The molecule has 0 unspecified atom stereocenters. The van der Waals surface area contributed by atoms with Crippen LogP contribution in [-0.4, -0.2) is 24.4 Å². The molecule has 5 nitrogen and oxygen atoms in total. The van der Waals surface area contributed by atoms with Crippen molar-refractivity contribution < 1.29 is 4.79 Å². The molecule has 33 heavy (non-hydrogen) atoms. The maximum Gasteiger partial charge on any atom is 0.212 e. The number of amides is 1. The average molecular weight is 467 g/mol. The fraction of sp³-hybridized carbons (Fsp3) is 0.296. The molecule has 0 radical (unpaired) electrons. The SMILES string of the molecule is C=CN/C(NC=O)=C(\C(=C)N(CC)CCC)N(Cc1ccc(Cl)cc1)c1ccccc1CC. The van der Waals surface area contributed by atoms with Gasteiger partial charge in [0.2, 0.25) is 6.41 Å². The quantitative estimate of drug-likeness (QED) is 0.273. The van der Waals surface area contributed by atoms with Gasteiger partial charge in [0.05, 0.1) is 5.70 Å². The van der Waals surface area contributed by atoms with Crippen LogP contribution < -0.4 is 15.5 Å². The van der Waals surface area contributed by atoms with E-state index in [2.05, 4.69) is 66.5 Å². The molecule has 1 amide bonds. The summed E-state index contributed by atoms with van der Waals surface area (Å²) in [5, 5.41) is 6.64. The summed E-state index contributed by atoms with van der Waals surface area (Å²) in [7, 11) is 0. The molecule has 0 saturated carbocycles. The highest BCUT2D eigenvalue weighted by Gasteiger charge is 2.24. The number of rotatable bonds is 14. The second-order valence-corrected chi connectivity index (χ2v) is 7.99. The first-order chi connectivity index (χ1) is 16.0. The Bertz CT molecular complexity index is 956. The van der Waals surface area contributed by atoms with Gasteiger partial charge in [-0.25, -0.2) is 0 Å². The van der Waals surface area contributed by atoms with Gasteiger partial charge in [-0.2, -0.15) is 0 Å². The molecule has 0 spiro atoms. The number of anilines is 1. The van der Waals surface area contributed by atoms with Gasteiger partial charge in [0.15, 0.2) is 0 Å². The van der Waals surface area contributed by atoms with Crippen LogP contribution in [-0.2, 0) is 17.8 Å². The predicted octanol–water partition coefficient (Wildman–Crippen LogP) is 5.80. The maximum atomic E-state index is 11.6. The Kier molecular flexibility index (Phi) is 10.6. The maximum absolute atomic E-state index is 11.6. The van der Waals surface area contributed by atoms with E-state index in [1.165, 1.54) is 5.56 Å². The third kappa shape index (κ3) is 6.90. The molecular weight excluding hydrogens is 432 g/mol. The minimum Gasteiger partial charge on any atom is -0.371 e. The highest BCUT2D eigenvalue weighted by atomic mass is 35.5. The Hall–Kier alpha value is -3.18. The zero-order valence-electron chi connectivity index (χ0n) is 19.9. The van der Waals surface area contributed by atoms with Gasteiger partial charge in [0.25, 0.3) is 0 Å². The van der Waals surface area contributed by atoms with Gasteiger partial charge < -0.3 is 20.4 Å². The molecule has 0 aliphatic rings. The summed E-state index contributed by atoms with van der Waals surface area (Å²) in [6.07, 6.45) is 4.07. The molecule has 0 aliphatic carbocycles. The first-order valence-electron chi connectivity index (χ1n) is 11.4. The van der Waals surface area contributed by atoms with Crippen molar-refractivity contribution in [2.24, 2.45) is 0 Å². The zero-order valence-corrected chi connectivity index (χ0v) is 20.7. The smallest absolute Gasteiger partial charge is 0.212 e. The van der Waals surface area contributed by atoms with Crippen LogP contribution in [0.4, 0.5) is 5.69 Å². The molecule has 2 aromatic carbocycles. The Morgan fingerprint density at radius 1 is 1.06 bits per heavy atom. The summed E-state index contributed by atoms with van der Waals surface area (Å²) in [5.74, 6) is 0.527. The van der Waals surface area contributed by atoms with Gasteiger partial charge in [-0.3, -0.25) is 4.79 Å². The number of halogens is 1. The largest absolute Gasteiger partial charge is 0.371 e. The number of aryl methyl sites for hydroxylation is 1. The monoisotopic (exact) mass is 466 g/mol. The fourth-order valence-electron chi connectivity index (χ4n) is 3.81. The third-order valence-electron chi connectivity index (χ3n) is 5.40. The minimum atomic E-state index is 0.527. The van der Waals surface area contributed by atoms with Gasteiger partial charge in [0.1, 0.15) is 11.5 Å². The topological polar surface area (TPSA) is 47.6 Å². The number of benzene rings is 2. The summed E-state index contributed by atoms with van der Waals surface area (Å²) in [6, 6.07) is 16.1. The lowest BCUT2D eigenvalue weighted by Gasteiger charge is -2.36. The van der Waals surface area contributed by atoms with Crippen LogP contribution in [0.15, 0.2) is 85.1 Å². The molecule has 0 heterocycles. The first-order valence-corrected chi connectivity index (χ1v) is 11.7. The Morgan fingerprint density at radius 2 is 1.76 bits per heavy atom. The van der Waals surface area contributed by atoms with Crippen molar-refractivity contribution in [3.8, 4) is 0 Å². The van der Waals surface area contributed by atoms with Crippen molar-refractivity contribution in [3.05, 3.63) is 101 Å². The number of hydrogen-bond acceptors (Lipinski definition) is 4. The van der Waals surface area contributed by atoms with E-state index < -0.39 is 0 Å². The summed E-state index contributed by atoms with van der Waals surface area (Å²) >= 11 is 6.14. The molecule has 2 aromatic rings. The summed E-state index contributed by atoms with van der Waals surface area (Å²) in [4.78, 5) is 16.0. The lowest BCUT2D eigenvalue weighted by atomic mass is 10.1. The molecule has 6 heteroatoms. The number of carbonyl (C=O) groups is 1. The van der Waals surface area contributed by atoms with E-state index in [1.807, 2.05) is 36.4 Å². The highest BCUT2D eigenvalue weighted by Crippen LogP contribution is 2.32. The molecule has 0 aliphatic heterocycles. The van der Waals surface area contributed by atoms with Crippen molar-refractivity contribution >= 4 is 23.7 Å². The Labute approximate surface area is 203 Å². The summed E-state index contributed by atoms with van der Waals surface area (Å²) < 4.78 is 0. The second-order valence-electron chi connectivity index (χ2n) is 7.56. The lowest BCUT2D eigenvalue weighted by molar-refractivity contribution is -0.109. The van der Waals surface area contributed by atoms with E-state index in [1.54, 1.807) is 6.20 Å². The number of nitrogens with one attached hydrogen (secondary N) is 2. The Morgan fingerprint density at radius 3 is 2.33 bits per heavy atom. The van der Waals surface area contributed by atoms with E-state index in [-0.39, 0.29) is 0 Å². The van der Waals surface area contributed by atoms with Gasteiger partial charge in [-0.1, -0.05) is 68.9 Å². The molecule has 0 saturated heterocycles. The molecule has 176 valence electrons. The summed E-state index contributed by atoms with van der Waals surface area (Å²) in [6.45, 7) is 16.9. The van der Waals surface area contributed by atoms with E-state index in [0.717, 1.165) is 48.6 Å². The van der Waals surface area contributed by atoms with Crippen molar-refractivity contribution in [2.45, 2.75) is 40.2 Å². The third-order valence-corrected chi connectivity index (χ3v) is 5.66. The van der Waals surface area contributed by atoms with Crippen LogP contribution >= 0.6 is 11.6 Å². The normalized spacial score (nSPS) is 11.3. The van der Waals surface area contributed by atoms with E-state index in [0.29, 0.717) is 23.8 Å². The molecule has 0 atom stereocenters. The first kappa shape index (κ1) is 26.1. The predicted molar refractivity (Wildman–Crippen MR) is 140 cm³/mol. The molecule has 0 fully saturated rings. The van der Waals surface area contributed by atoms with Gasteiger partial charge in [0, 0.05) is 30.3 Å². The van der Waals surface area contributed by atoms with Gasteiger partial charge >= 0.3 is 0 Å². The number of nitrogens with zero attached hydrogens (tertiary/aromatic N) is 2. The van der Waals surface area contributed by atoms with E-state index in [9.17, 15) is 4.79 Å². The summed E-state index contributed by atoms with van der Waals surface area (Å²) in [5.41, 5.74) is 4.93. The number of para-hydroxylation sites is 1. The van der Waals surface area contributed by atoms with Crippen LogP contribution in [0.3, 0.4) is 0 Å². The van der Waals surface area contributed by atoms with Crippen LogP contribution in [0.5, 0.6) is 0 Å². The van der Waals surface area contributed by atoms with Crippen molar-refractivity contribution in [2.75, 3.05) is 18.0 Å². The molecular formula is C27H35ClN4O. The fourth-order valence-corrected chi connectivity index (χ4v) is 3.93. The second kappa shape index (κ2) is 13.4. The van der Waals surface area contributed by atoms with Crippen molar-refractivity contribution in [1.82, 2.24) is 15.5 Å². The van der Waals surface area contributed by atoms with Crippen LogP contribution in [0, 0.1) is 0 Å². The van der Waals surface area contributed by atoms with Crippen molar-refractivity contribution in [3.63, 3.8) is 0 Å². The Balaban J connectivity index is 2.77. The van der Waals surface area contributed by atoms with E-state index >= 15 is 0 Å². The van der Waals surface area contributed by atoms with Crippen molar-refractivity contribution in [1.29, 1.82) is 0 Å². The van der Waals surface area contributed by atoms with Gasteiger partial charge in [-0.15, -0.1) is 0 Å². The zero-order chi connectivity index (χ0) is 24.2. The van der Waals surface area contributed by atoms with Gasteiger partial charge in [-0.05, 0) is 55.3 Å². The number of carbonyl (C=O) groups excluding carboxylic acids is 1. The van der Waals surface area contributed by atoms with Crippen LogP contribution in [0.1, 0.15) is 38.3 Å². The molecule has 0 aromatic heterocycles. The molecule has 2 N–H and O–H groups in total. The molecule has 2 rings (SSSR count). The van der Waals surface area contributed by atoms with Crippen LogP contribution in [0.25, 0.3) is 0 Å². The standard InChI is InChI=1S/C27H35ClN4O/c1-6-18-31(9-4)21(5)26(27(29-8-3)30-20-33)32(19-22-14-16-24(28)17-15-22)25-13-11-10-12-23(25)7-2/h8,10-17,20,29H,3,5-7,9,18-19H2,1-2,4H3,(H,30,33)/b27-26-. The number of likely N-dealkylation sites (N-methyl/N-ethyl adjacent to an activating group) is 1. The molecule has 0 bridgehead atoms.